The van der Waals surface area contributed by atoms with Gasteiger partial charge in [0, 0.05) is 18.1 Å². The number of aromatic nitrogens is 1. The van der Waals surface area contributed by atoms with Crippen LogP contribution in [0.15, 0.2) is 34.1 Å². The van der Waals surface area contributed by atoms with Gasteiger partial charge in [0.15, 0.2) is 5.89 Å². The topological polar surface area (TPSA) is 52.3 Å². The highest BCUT2D eigenvalue weighted by Crippen LogP contribution is 2.42. The largest absolute Gasteiger partial charge is 0.460 e. The van der Waals surface area contributed by atoms with Gasteiger partial charge in [-0.05, 0) is 17.9 Å². The van der Waals surface area contributed by atoms with Crippen LogP contribution in [0.5, 0.6) is 0 Å². The molecule has 1 aromatic heterocycles. The van der Waals surface area contributed by atoms with Crippen LogP contribution in [0, 0.1) is 12.8 Å². The first-order chi connectivity index (χ1) is 9.70. The molecular formula is C15H15NO3S. The molecule has 2 atom stereocenters. The molecule has 0 N–H and O–H groups in total. The first-order valence-corrected chi connectivity index (χ1v) is 7.50. The summed E-state index contributed by atoms with van der Waals surface area (Å²) < 4.78 is 10.5. The van der Waals surface area contributed by atoms with E-state index in [1.807, 2.05) is 12.2 Å². The number of ether oxygens (including phenoxy) is 1. The Balaban J connectivity index is 2.00. The Hall–Kier alpha value is -1.75. The van der Waals surface area contributed by atoms with Crippen molar-refractivity contribution in [1.82, 2.24) is 4.98 Å². The number of rotatable bonds is 3. The number of hydrogen-bond donors (Lipinski definition) is 0. The molecule has 1 aliphatic carbocycles. The average molecular weight is 289 g/mol. The van der Waals surface area contributed by atoms with Crippen LogP contribution >= 0.6 is 11.8 Å². The van der Waals surface area contributed by atoms with Crippen LogP contribution in [0.25, 0.3) is 5.57 Å². The van der Waals surface area contributed by atoms with Gasteiger partial charge in [0.1, 0.15) is 5.69 Å². The van der Waals surface area contributed by atoms with Crippen molar-refractivity contribution in [3.63, 3.8) is 0 Å². The lowest BCUT2D eigenvalue weighted by atomic mass is 9.91. The van der Waals surface area contributed by atoms with E-state index in [0.717, 1.165) is 5.57 Å². The maximum absolute atomic E-state index is 12.0. The second kappa shape index (κ2) is 5.32. The number of allylic oxidation sites excluding steroid dienone is 4. The summed E-state index contributed by atoms with van der Waals surface area (Å²) in [7, 11) is 0. The van der Waals surface area contributed by atoms with Crippen LogP contribution in [0.4, 0.5) is 0 Å². The van der Waals surface area contributed by atoms with E-state index in [0.29, 0.717) is 24.1 Å². The lowest BCUT2D eigenvalue weighted by molar-refractivity contribution is 0.0488. The minimum atomic E-state index is -0.453. The third-order valence-electron chi connectivity index (χ3n) is 3.26. The second-order valence-electron chi connectivity index (χ2n) is 4.60. The van der Waals surface area contributed by atoms with Crippen LogP contribution < -0.4 is 0 Å². The van der Waals surface area contributed by atoms with E-state index >= 15 is 0 Å². The molecule has 0 fully saturated rings. The highest BCUT2D eigenvalue weighted by molar-refractivity contribution is 8.03. The molecule has 5 heteroatoms. The number of esters is 1. The highest BCUT2D eigenvalue weighted by atomic mass is 32.2. The lowest BCUT2D eigenvalue weighted by Crippen LogP contribution is -2.17. The van der Waals surface area contributed by atoms with Gasteiger partial charge >= 0.3 is 5.97 Å². The third kappa shape index (κ3) is 2.22. The van der Waals surface area contributed by atoms with Crippen molar-refractivity contribution in [1.29, 1.82) is 0 Å². The Kier molecular flexibility index (Phi) is 3.53. The molecule has 0 aromatic carbocycles. The molecule has 20 heavy (non-hydrogen) atoms. The second-order valence-corrected chi connectivity index (χ2v) is 5.65. The fourth-order valence-electron chi connectivity index (χ4n) is 2.41. The number of carbonyl (C=O) groups excluding carboxylic acids is 1. The molecule has 2 unspecified atom stereocenters. The van der Waals surface area contributed by atoms with E-state index < -0.39 is 5.97 Å². The van der Waals surface area contributed by atoms with Crippen LogP contribution in [-0.4, -0.2) is 22.8 Å². The molecule has 3 rings (SSSR count). The Labute approximate surface area is 121 Å². The fraction of sp³-hybridized carbons (Fsp3) is 0.333. The number of carbonyl (C=O) groups is 1. The number of hydrogen-bond acceptors (Lipinski definition) is 5. The van der Waals surface area contributed by atoms with Crippen molar-refractivity contribution in [3.05, 3.63) is 47.1 Å². The van der Waals surface area contributed by atoms with Gasteiger partial charge in [0.2, 0.25) is 5.76 Å². The minimum absolute atomic E-state index is 0.206. The van der Waals surface area contributed by atoms with Crippen LogP contribution in [0.2, 0.25) is 0 Å². The minimum Gasteiger partial charge on any atom is -0.460 e. The van der Waals surface area contributed by atoms with Crippen molar-refractivity contribution in [2.24, 2.45) is 5.92 Å². The van der Waals surface area contributed by atoms with Gasteiger partial charge in [-0.15, -0.1) is 11.8 Å². The smallest absolute Gasteiger partial charge is 0.376 e. The van der Waals surface area contributed by atoms with E-state index in [-0.39, 0.29) is 11.0 Å². The SMILES string of the molecule is CCOC(=O)c1oc(C)nc1C1=CC=CC2C=CSC12. The molecule has 1 aliphatic heterocycles. The lowest BCUT2D eigenvalue weighted by Gasteiger charge is -2.21. The molecule has 104 valence electrons. The van der Waals surface area contributed by atoms with Crippen molar-refractivity contribution < 1.29 is 13.9 Å². The monoisotopic (exact) mass is 289 g/mol. The molecular weight excluding hydrogens is 274 g/mol. The molecule has 1 aromatic rings. The molecule has 0 saturated heterocycles. The number of oxazole rings is 1. The van der Waals surface area contributed by atoms with Gasteiger partial charge in [-0.1, -0.05) is 24.3 Å². The summed E-state index contributed by atoms with van der Waals surface area (Å²) in [6.07, 6.45) is 8.32. The van der Waals surface area contributed by atoms with Gasteiger partial charge < -0.3 is 9.15 Å². The van der Waals surface area contributed by atoms with Crippen molar-refractivity contribution in [2.75, 3.05) is 6.61 Å². The van der Waals surface area contributed by atoms with Gasteiger partial charge in [-0.3, -0.25) is 0 Å². The third-order valence-corrected chi connectivity index (χ3v) is 4.44. The van der Waals surface area contributed by atoms with Crippen molar-refractivity contribution in [3.8, 4) is 0 Å². The molecule has 4 nitrogen and oxygen atoms in total. The molecule has 0 bridgehead atoms. The summed E-state index contributed by atoms with van der Waals surface area (Å²) in [5, 5.41) is 2.35. The predicted octanol–water partition coefficient (Wildman–Crippen LogP) is 3.36. The standard InChI is InChI=1S/C15H15NO3S/c1-3-18-15(17)13-12(16-9(2)19-13)11-6-4-5-10-7-8-20-14(10)11/h4-8,10,14H,3H2,1-2H3. The molecule has 0 spiro atoms. The first-order valence-electron chi connectivity index (χ1n) is 6.56. The summed E-state index contributed by atoms with van der Waals surface area (Å²) in [6.45, 7) is 3.83. The summed E-state index contributed by atoms with van der Waals surface area (Å²) >= 11 is 1.74. The van der Waals surface area contributed by atoms with Crippen LogP contribution in [-0.2, 0) is 4.74 Å². The number of thioether (sulfide) groups is 1. The van der Waals surface area contributed by atoms with Gasteiger partial charge in [0.25, 0.3) is 0 Å². The van der Waals surface area contributed by atoms with Crippen LogP contribution in [0.3, 0.4) is 0 Å². The zero-order valence-electron chi connectivity index (χ0n) is 11.3. The van der Waals surface area contributed by atoms with Gasteiger partial charge in [-0.25, -0.2) is 9.78 Å². The summed E-state index contributed by atoms with van der Waals surface area (Å²) in [5.41, 5.74) is 1.63. The zero-order valence-corrected chi connectivity index (χ0v) is 12.1. The number of aryl methyl sites for hydroxylation is 1. The maximum atomic E-state index is 12.0. The number of nitrogens with zero attached hydrogens (tertiary/aromatic N) is 1. The molecule has 0 radical (unpaired) electrons. The normalized spacial score (nSPS) is 23.6. The summed E-state index contributed by atoms with van der Waals surface area (Å²) in [4.78, 5) is 16.4. The summed E-state index contributed by atoms with van der Waals surface area (Å²) in [6, 6.07) is 0. The zero-order chi connectivity index (χ0) is 14.1. The summed E-state index contributed by atoms with van der Waals surface area (Å²) in [5.74, 6) is 0.585. The molecule has 0 saturated carbocycles. The fourth-order valence-corrected chi connectivity index (χ4v) is 3.55. The molecule has 2 heterocycles. The van der Waals surface area contributed by atoms with Crippen molar-refractivity contribution >= 4 is 23.3 Å². The van der Waals surface area contributed by atoms with E-state index in [9.17, 15) is 4.79 Å². The van der Waals surface area contributed by atoms with Gasteiger partial charge in [0.05, 0.1) is 6.61 Å². The first kappa shape index (κ1) is 13.2. The Morgan fingerprint density at radius 1 is 1.50 bits per heavy atom. The van der Waals surface area contributed by atoms with E-state index in [1.54, 1.807) is 25.6 Å². The average Bonchev–Trinajstić information content (AvgIpc) is 3.04. The van der Waals surface area contributed by atoms with Gasteiger partial charge in [-0.2, -0.15) is 0 Å². The van der Waals surface area contributed by atoms with E-state index in [2.05, 4.69) is 22.5 Å². The predicted molar refractivity (Wildman–Crippen MR) is 78.3 cm³/mol. The molecule has 0 amide bonds. The van der Waals surface area contributed by atoms with E-state index in [4.69, 9.17) is 9.15 Å². The quantitative estimate of drug-likeness (QED) is 0.799. The molecule has 2 aliphatic rings. The Morgan fingerprint density at radius 3 is 3.15 bits per heavy atom. The Bertz CT molecular complexity index is 627. The van der Waals surface area contributed by atoms with Crippen LogP contribution in [0.1, 0.15) is 29.1 Å². The maximum Gasteiger partial charge on any atom is 0.376 e. The highest BCUT2D eigenvalue weighted by Gasteiger charge is 2.33. The van der Waals surface area contributed by atoms with Crippen molar-refractivity contribution in [2.45, 2.75) is 19.1 Å². The van der Waals surface area contributed by atoms with E-state index in [1.165, 1.54) is 0 Å². The number of fused-ring (bicyclic) bond motifs is 1. The Morgan fingerprint density at radius 2 is 2.35 bits per heavy atom.